The van der Waals surface area contributed by atoms with Crippen molar-refractivity contribution in [2.24, 2.45) is 0 Å². The van der Waals surface area contributed by atoms with Gasteiger partial charge in [0.25, 0.3) is 0 Å². The fourth-order valence-corrected chi connectivity index (χ4v) is 3.68. The van der Waals surface area contributed by atoms with E-state index in [9.17, 15) is 0 Å². The van der Waals surface area contributed by atoms with Gasteiger partial charge in [0.2, 0.25) is 0 Å². The Kier molecular flexibility index (Phi) is 2.61. The molecular weight excluding hydrogens is 318 g/mol. The summed E-state index contributed by atoms with van der Waals surface area (Å²) in [5, 5.41) is 5.69. The summed E-state index contributed by atoms with van der Waals surface area (Å²) in [5.41, 5.74) is 4.88. The van der Waals surface area contributed by atoms with Crippen LogP contribution < -0.4 is 0 Å². The van der Waals surface area contributed by atoms with E-state index in [0.29, 0.717) is 0 Å². The fraction of sp³-hybridized carbons (Fsp3) is 0. The maximum absolute atomic E-state index is 4.88. The van der Waals surface area contributed by atoms with Gasteiger partial charge in [0.05, 0.1) is 27.6 Å². The zero-order valence-electron chi connectivity index (χ0n) is 13.8. The smallest absolute Gasteiger partial charge is 0.0731 e. The van der Waals surface area contributed by atoms with Crippen molar-refractivity contribution in [3.05, 3.63) is 79.0 Å². The van der Waals surface area contributed by atoms with Crippen LogP contribution in [0.5, 0.6) is 0 Å². The van der Waals surface area contributed by atoms with Gasteiger partial charge in [0.15, 0.2) is 0 Å². The van der Waals surface area contributed by atoms with E-state index >= 15 is 0 Å². The van der Waals surface area contributed by atoms with Gasteiger partial charge < -0.3 is 0 Å². The largest absolute Gasteiger partial charge is 0.256 e. The summed E-state index contributed by atoms with van der Waals surface area (Å²) in [6.45, 7) is 0. The average Bonchev–Trinajstić information content (AvgIpc) is 2.67. The van der Waals surface area contributed by atoms with E-state index in [2.05, 4.69) is 53.5 Å². The molecule has 0 atom stereocenters. The molecule has 0 unspecified atom stereocenters. The Labute approximate surface area is 148 Å². The maximum atomic E-state index is 4.88. The predicted molar refractivity (Wildman–Crippen MR) is 107 cm³/mol. The second-order valence-corrected chi connectivity index (χ2v) is 6.65. The summed E-state index contributed by atoms with van der Waals surface area (Å²) in [5.74, 6) is 0. The standard InChI is InChI=1S/C23H13N3/c1-2-6-19-14(4-1)8-16-10-18-11-17-9-15-5-3-7-24-20(15)12-21(17)26-23(18)13-22(16)25-19/h1-13H. The lowest BCUT2D eigenvalue weighted by Crippen LogP contribution is -1.87. The molecule has 0 aliphatic carbocycles. The zero-order valence-corrected chi connectivity index (χ0v) is 13.8. The molecule has 0 fully saturated rings. The van der Waals surface area contributed by atoms with Gasteiger partial charge in [-0.3, -0.25) is 4.98 Å². The zero-order chi connectivity index (χ0) is 17.1. The molecule has 3 heteroatoms. The highest BCUT2D eigenvalue weighted by molar-refractivity contribution is 6.05. The van der Waals surface area contributed by atoms with Gasteiger partial charge in [-0.05, 0) is 48.5 Å². The van der Waals surface area contributed by atoms with Crippen molar-refractivity contribution in [1.82, 2.24) is 15.0 Å². The van der Waals surface area contributed by atoms with Crippen molar-refractivity contribution in [2.45, 2.75) is 0 Å². The minimum absolute atomic E-state index is 0.961. The van der Waals surface area contributed by atoms with E-state index in [1.165, 1.54) is 0 Å². The molecule has 3 heterocycles. The monoisotopic (exact) mass is 331 g/mol. The third-order valence-corrected chi connectivity index (χ3v) is 4.97. The molecule has 3 aromatic carbocycles. The van der Waals surface area contributed by atoms with Crippen molar-refractivity contribution in [3.8, 4) is 0 Å². The van der Waals surface area contributed by atoms with Crippen LogP contribution in [0, 0.1) is 0 Å². The molecule has 0 saturated heterocycles. The normalized spacial score (nSPS) is 11.8. The van der Waals surface area contributed by atoms with E-state index in [1.807, 2.05) is 30.5 Å². The molecule has 0 spiro atoms. The highest BCUT2D eigenvalue weighted by atomic mass is 14.7. The SMILES string of the molecule is c1cnc2cc3nc4cc5nc6ccccc6cc5cc4cc3cc2c1. The molecule has 0 N–H and O–H groups in total. The van der Waals surface area contributed by atoms with Gasteiger partial charge in [0, 0.05) is 33.1 Å². The van der Waals surface area contributed by atoms with Crippen molar-refractivity contribution in [1.29, 1.82) is 0 Å². The molecule has 0 aliphatic rings. The van der Waals surface area contributed by atoms with Crippen LogP contribution in [0.15, 0.2) is 79.0 Å². The lowest BCUT2D eigenvalue weighted by atomic mass is 10.0. The third-order valence-electron chi connectivity index (χ3n) is 4.97. The molecule has 0 saturated carbocycles. The Morgan fingerprint density at radius 3 is 1.73 bits per heavy atom. The van der Waals surface area contributed by atoms with Gasteiger partial charge in [-0.1, -0.05) is 24.3 Å². The lowest BCUT2D eigenvalue weighted by Gasteiger charge is -2.06. The minimum Gasteiger partial charge on any atom is -0.256 e. The molecule has 0 bridgehead atoms. The van der Waals surface area contributed by atoms with Crippen LogP contribution in [0.25, 0.3) is 54.5 Å². The first kappa shape index (κ1) is 13.7. The topological polar surface area (TPSA) is 38.7 Å². The first-order chi connectivity index (χ1) is 12.8. The van der Waals surface area contributed by atoms with E-state index in [1.54, 1.807) is 0 Å². The molecule has 120 valence electrons. The molecular formula is C23H13N3. The first-order valence-corrected chi connectivity index (χ1v) is 8.62. The van der Waals surface area contributed by atoms with Gasteiger partial charge in [-0.15, -0.1) is 0 Å². The van der Waals surface area contributed by atoms with Gasteiger partial charge in [-0.2, -0.15) is 0 Å². The second-order valence-electron chi connectivity index (χ2n) is 6.65. The summed E-state index contributed by atoms with van der Waals surface area (Å²) < 4.78 is 0. The number of pyridine rings is 3. The predicted octanol–water partition coefficient (Wildman–Crippen LogP) is 5.64. The molecule has 0 aliphatic heterocycles. The second kappa shape index (κ2) is 4.96. The number of hydrogen-bond donors (Lipinski definition) is 0. The number of hydrogen-bond acceptors (Lipinski definition) is 3. The molecule has 0 radical (unpaired) electrons. The molecule has 26 heavy (non-hydrogen) atoms. The van der Waals surface area contributed by atoms with Gasteiger partial charge >= 0.3 is 0 Å². The average molecular weight is 331 g/mol. The number of para-hydroxylation sites is 1. The van der Waals surface area contributed by atoms with Crippen LogP contribution in [0.4, 0.5) is 0 Å². The van der Waals surface area contributed by atoms with E-state index in [-0.39, 0.29) is 0 Å². The number of fused-ring (bicyclic) bond motifs is 5. The van der Waals surface area contributed by atoms with Crippen molar-refractivity contribution in [3.63, 3.8) is 0 Å². The lowest BCUT2D eigenvalue weighted by molar-refractivity contribution is 1.41. The van der Waals surface area contributed by atoms with Crippen molar-refractivity contribution >= 4 is 54.5 Å². The third kappa shape index (κ3) is 1.97. The van der Waals surface area contributed by atoms with Crippen molar-refractivity contribution < 1.29 is 0 Å². The van der Waals surface area contributed by atoms with Gasteiger partial charge in [0.1, 0.15) is 0 Å². The number of rotatable bonds is 0. The fourth-order valence-electron chi connectivity index (χ4n) is 3.68. The highest BCUT2D eigenvalue weighted by Gasteiger charge is 2.06. The summed E-state index contributed by atoms with van der Waals surface area (Å²) in [4.78, 5) is 14.1. The maximum Gasteiger partial charge on any atom is 0.0731 e. The highest BCUT2D eigenvalue weighted by Crippen LogP contribution is 2.28. The van der Waals surface area contributed by atoms with E-state index in [0.717, 1.165) is 54.5 Å². The summed E-state index contributed by atoms with van der Waals surface area (Å²) >= 11 is 0. The molecule has 3 aromatic heterocycles. The molecule has 6 rings (SSSR count). The Balaban J connectivity index is 1.72. The summed E-state index contributed by atoms with van der Waals surface area (Å²) in [6.07, 6.45) is 1.82. The van der Waals surface area contributed by atoms with Crippen LogP contribution in [0.1, 0.15) is 0 Å². The first-order valence-electron chi connectivity index (χ1n) is 8.62. The molecule has 0 amide bonds. The Hall–Kier alpha value is -3.59. The Bertz CT molecular complexity index is 1260. The van der Waals surface area contributed by atoms with Crippen LogP contribution in [0.2, 0.25) is 0 Å². The summed E-state index contributed by atoms with van der Waals surface area (Å²) in [6, 6.07) is 25.2. The molecule has 3 nitrogen and oxygen atoms in total. The van der Waals surface area contributed by atoms with Crippen LogP contribution in [0.3, 0.4) is 0 Å². The number of nitrogens with zero attached hydrogens (tertiary/aromatic N) is 3. The summed E-state index contributed by atoms with van der Waals surface area (Å²) in [7, 11) is 0. The van der Waals surface area contributed by atoms with E-state index in [4.69, 9.17) is 9.97 Å². The number of benzene rings is 3. The van der Waals surface area contributed by atoms with Crippen LogP contribution >= 0.6 is 0 Å². The quantitative estimate of drug-likeness (QED) is 0.338. The van der Waals surface area contributed by atoms with Gasteiger partial charge in [-0.25, -0.2) is 9.97 Å². The van der Waals surface area contributed by atoms with Crippen LogP contribution in [-0.4, -0.2) is 15.0 Å². The van der Waals surface area contributed by atoms with Crippen LogP contribution in [-0.2, 0) is 0 Å². The van der Waals surface area contributed by atoms with E-state index < -0.39 is 0 Å². The Morgan fingerprint density at radius 1 is 0.423 bits per heavy atom. The number of aromatic nitrogens is 3. The Morgan fingerprint density at radius 2 is 0.962 bits per heavy atom. The molecule has 6 aromatic rings. The minimum atomic E-state index is 0.961. The van der Waals surface area contributed by atoms with Crippen molar-refractivity contribution in [2.75, 3.05) is 0 Å².